The number of nitrogens with one attached hydrogen (secondary N) is 1. The van der Waals surface area contributed by atoms with E-state index in [1.54, 1.807) is 10.7 Å². The van der Waals surface area contributed by atoms with Gasteiger partial charge in [0.05, 0.1) is 18.8 Å². The van der Waals surface area contributed by atoms with E-state index in [1.807, 2.05) is 33.2 Å². The van der Waals surface area contributed by atoms with Crippen LogP contribution in [0.4, 0.5) is 5.82 Å². The van der Waals surface area contributed by atoms with Crippen LogP contribution < -0.4 is 10.1 Å². The van der Waals surface area contributed by atoms with Crippen molar-refractivity contribution in [2.24, 2.45) is 7.05 Å². The standard InChI is InChI=1S/C12H17N5O/c1-4-18-12-7-11(14-9(2)15-12)13-8-10-5-6-17(3)16-10/h5-7H,4,8H2,1-3H3,(H,13,14,15). The molecule has 2 aromatic rings. The first-order chi connectivity index (χ1) is 8.67. The number of aryl methyl sites for hydroxylation is 2. The Balaban J connectivity index is 2.04. The van der Waals surface area contributed by atoms with Crippen LogP contribution in [0.2, 0.25) is 0 Å². The molecule has 2 aromatic heterocycles. The Morgan fingerprint density at radius 2 is 2.22 bits per heavy atom. The molecule has 0 fully saturated rings. The second-order valence-corrected chi connectivity index (χ2v) is 3.91. The van der Waals surface area contributed by atoms with E-state index in [0.29, 0.717) is 24.9 Å². The monoisotopic (exact) mass is 247 g/mol. The van der Waals surface area contributed by atoms with Gasteiger partial charge in [-0.05, 0) is 19.9 Å². The Morgan fingerprint density at radius 3 is 2.89 bits per heavy atom. The molecule has 0 amide bonds. The Hall–Kier alpha value is -2.11. The van der Waals surface area contributed by atoms with Gasteiger partial charge in [0.1, 0.15) is 11.6 Å². The van der Waals surface area contributed by atoms with E-state index >= 15 is 0 Å². The van der Waals surface area contributed by atoms with Crippen LogP contribution in [0.1, 0.15) is 18.4 Å². The zero-order valence-electron chi connectivity index (χ0n) is 10.8. The fourth-order valence-electron chi connectivity index (χ4n) is 1.59. The molecule has 2 rings (SSSR count). The van der Waals surface area contributed by atoms with Gasteiger partial charge in [0.15, 0.2) is 0 Å². The first kappa shape index (κ1) is 12.3. The van der Waals surface area contributed by atoms with Crippen LogP contribution in [0.3, 0.4) is 0 Å². The van der Waals surface area contributed by atoms with Crippen LogP contribution in [-0.2, 0) is 13.6 Å². The molecule has 0 bridgehead atoms. The molecule has 0 aromatic carbocycles. The quantitative estimate of drug-likeness (QED) is 0.868. The maximum atomic E-state index is 5.37. The second-order valence-electron chi connectivity index (χ2n) is 3.91. The van der Waals surface area contributed by atoms with Crippen molar-refractivity contribution < 1.29 is 4.74 Å². The van der Waals surface area contributed by atoms with Gasteiger partial charge in [-0.25, -0.2) is 4.98 Å². The molecule has 1 N–H and O–H groups in total. The van der Waals surface area contributed by atoms with Gasteiger partial charge in [0, 0.05) is 19.3 Å². The summed E-state index contributed by atoms with van der Waals surface area (Å²) in [5.74, 6) is 2.02. The molecule has 0 atom stereocenters. The summed E-state index contributed by atoms with van der Waals surface area (Å²) in [5, 5.41) is 7.49. The maximum absolute atomic E-state index is 5.37. The molecule has 0 aliphatic rings. The number of anilines is 1. The predicted octanol–water partition coefficient (Wildman–Crippen LogP) is 1.53. The highest BCUT2D eigenvalue weighted by atomic mass is 16.5. The third kappa shape index (κ3) is 3.19. The van der Waals surface area contributed by atoms with Crippen molar-refractivity contribution in [1.29, 1.82) is 0 Å². The molecule has 0 aliphatic carbocycles. The van der Waals surface area contributed by atoms with E-state index < -0.39 is 0 Å². The lowest BCUT2D eigenvalue weighted by Gasteiger charge is -2.07. The van der Waals surface area contributed by atoms with Gasteiger partial charge < -0.3 is 10.1 Å². The zero-order chi connectivity index (χ0) is 13.0. The van der Waals surface area contributed by atoms with Crippen LogP contribution >= 0.6 is 0 Å². The lowest BCUT2D eigenvalue weighted by Crippen LogP contribution is -2.05. The van der Waals surface area contributed by atoms with Gasteiger partial charge in [-0.1, -0.05) is 0 Å². The second kappa shape index (κ2) is 5.48. The predicted molar refractivity (Wildman–Crippen MR) is 68.5 cm³/mol. The topological polar surface area (TPSA) is 64.9 Å². The zero-order valence-corrected chi connectivity index (χ0v) is 10.8. The van der Waals surface area contributed by atoms with Crippen molar-refractivity contribution in [2.45, 2.75) is 20.4 Å². The molecule has 0 aliphatic heterocycles. The molecule has 0 unspecified atom stereocenters. The van der Waals surface area contributed by atoms with Crippen molar-refractivity contribution in [1.82, 2.24) is 19.7 Å². The van der Waals surface area contributed by atoms with Crippen LogP contribution in [0.25, 0.3) is 0 Å². The molecule has 0 saturated carbocycles. The Labute approximate surface area is 106 Å². The Kier molecular flexibility index (Phi) is 3.76. The Morgan fingerprint density at radius 1 is 1.39 bits per heavy atom. The first-order valence-electron chi connectivity index (χ1n) is 5.88. The van der Waals surface area contributed by atoms with E-state index in [4.69, 9.17) is 4.74 Å². The van der Waals surface area contributed by atoms with Gasteiger partial charge in [0.25, 0.3) is 0 Å². The van der Waals surface area contributed by atoms with Gasteiger partial charge in [-0.15, -0.1) is 0 Å². The lowest BCUT2D eigenvalue weighted by molar-refractivity contribution is 0.325. The summed E-state index contributed by atoms with van der Waals surface area (Å²) in [6, 6.07) is 3.75. The largest absolute Gasteiger partial charge is 0.478 e. The minimum atomic E-state index is 0.591. The van der Waals surface area contributed by atoms with Gasteiger partial charge in [-0.3, -0.25) is 4.68 Å². The van der Waals surface area contributed by atoms with Gasteiger partial charge >= 0.3 is 0 Å². The van der Waals surface area contributed by atoms with E-state index in [2.05, 4.69) is 20.4 Å². The van der Waals surface area contributed by atoms with Crippen LogP contribution in [0.15, 0.2) is 18.3 Å². The minimum Gasteiger partial charge on any atom is -0.478 e. The average Bonchev–Trinajstić information content (AvgIpc) is 2.72. The number of hydrogen-bond acceptors (Lipinski definition) is 5. The molecule has 0 spiro atoms. The van der Waals surface area contributed by atoms with Crippen molar-refractivity contribution in [3.05, 3.63) is 29.8 Å². The van der Waals surface area contributed by atoms with Crippen LogP contribution in [0.5, 0.6) is 5.88 Å². The molecule has 6 heteroatoms. The molecule has 6 nitrogen and oxygen atoms in total. The van der Waals surface area contributed by atoms with E-state index in [0.717, 1.165) is 11.5 Å². The highest BCUT2D eigenvalue weighted by molar-refractivity contribution is 5.38. The number of aromatic nitrogens is 4. The number of nitrogens with zero attached hydrogens (tertiary/aromatic N) is 4. The summed E-state index contributed by atoms with van der Waals surface area (Å²) in [6.45, 7) is 4.99. The van der Waals surface area contributed by atoms with Crippen molar-refractivity contribution in [2.75, 3.05) is 11.9 Å². The summed E-state index contributed by atoms with van der Waals surface area (Å²) in [6.07, 6.45) is 1.91. The summed E-state index contributed by atoms with van der Waals surface area (Å²) < 4.78 is 7.14. The first-order valence-corrected chi connectivity index (χ1v) is 5.88. The van der Waals surface area contributed by atoms with Gasteiger partial charge in [0.2, 0.25) is 5.88 Å². The number of rotatable bonds is 5. The van der Waals surface area contributed by atoms with E-state index in [-0.39, 0.29) is 0 Å². The summed E-state index contributed by atoms with van der Waals surface area (Å²) in [5.41, 5.74) is 0.965. The lowest BCUT2D eigenvalue weighted by atomic mass is 10.4. The molecule has 96 valence electrons. The average molecular weight is 247 g/mol. The summed E-state index contributed by atoms with van der Waals surface area (Å²) in [7, 11) is 1.89. The smallest absolute Gasteiger partial charge is 0.218 e. The molecule has 0 radical (unpaired) electrons. The fourth-order valence-corrected chi connectivity index (χ4v) is 1.59. The molecule has 0 saturated heterocycles. The van der Waals surface area contributed by atoms with Crippen LogP contribution in [-0.4, -0.2) is 26.4 Å². The van der Waals surface area contributed by atoms with E-state index in [1.165, 1.54) is 0 Å². The number of ether oxygens (including phenoxy) is 1. The highest BCUT2D eigenvalue weighted by Gasteiger charge is 2.03. The summed E-state index contributed by atoms with van der Waals surface area (Å²) >= 11 is 0. The van der Waals surface area contributed by atoms with Crippen molar-refractivity contribution in [3.8, 4) is 5.88 Å². The molecule has 18 heavy (non-hydrogen) atoms. The van der Waals surface area contributed by atoms with Crippen molar-refractivity contribution in [3.63, 3.8) is 0 Å². The maximum Gasteiger partial charge on any atom is 0.218 e. The van der Waals surface area contributed by atoms with Crippen molar-refractivity contribution >= 4 is 5.82 Å². The third-order valence-corrected chi connectivity index (χ3v) is 2.33. The summed E-state index contributed by atoms with van der Waals surface area (Å²) in [4.78, 5) is 8.49. The SMILES string of the molecule is CCOc1cc(NCc2ccn(C)n2)nc(C)n1. The third-order valence-electron chi connectivity index (χ3n) is 2.33. The van der Waals surface area contributed by atoms with Gasteiger partial charge in [-0.2, -0.15) is 10.1 Å². The molecular weight excluding hydrogens is 230 g/mol. The fraction of sp³-hybridized carbons (Fsp3) is 0.417. The molecule has 2 heterocycles. The van der Waals surface area contributed by atoms with Crippen LogP contribution in [0, 0.1) is 6.92 Å². The Bertz CT molecular complexity index is 523. The highest BCUT2D eigenvalue weighted by Crippen LogP contribution is 2.13. The normalized spacial score (nSPS) is 10.4. The van der Waals surface area contributed by atoms with E-state index in [9.17, 15) is 0 Å². The number of hydrogen-bond donors (Lipinski definition) is 1. The molecular formula is C12H17N5O. The minimum absolute atomic E-state index is 0.591.